The molecule has 2 aromatic carbocycles. The molecule has 0 atom stereocenters. The first-order chi connectivity index (χ1) is 13.5. The summed E-state index contributed by atoms with van der Waals surface area (Å²) in [6.45, 7) is 4.44. The van der Waals surface area contributed by atoms with Gasteiger partial charge >= 0.3 is 0 Å². The number of halogens is 1. The quantitative estimate of drug-likeness (QED) is 0.367. The number of nitrogens with zero attached hydrogens (tertiary/aromatic N) is 2. The Hall–Kier alpha value is -2.22. The number of thioether (sulfide) groups is 1. The highest BCUT2D eigenvalue weighted by molar-refractivity contribution is 9.10. The third-order valence-corrected chi connectivity index (χ3v) is 6.49. The molecule has 2 amide bonds. The highest BCUT2D eigenvalue weighted by Gasteiger charge is 2.41. The summed E-state index contributed by atoms with van der Waals surface area (Å²) < 4.78 is 1.29. The molecule has 1 fully saturated rings. The molecule has 7 heteroatoms. The summed E-state index contributed by atoms with van der Waals surface area (Å²) >= 11 is 10.0. The largest absolute Gasteiger partial charge is 0.303 e. The van der Waals surface area contributed by atoms with Crippen LogP contribution in [0.3, 0.4) is 0 Å². The summed E-state index contributed by atoms with van der Waals surface area (Å²) in [5.41, 5.74) is 2.97. The van der Waals surface area contributed by atoms with Gasteiger partial charge in [0.2, 0.25) is 0 Å². The molecule has 0 spiro atoms. The predicted octanol–water partition coefficient (Wildman–Crippen LogP) is 4.75. The molecule has 0 N–H and O–H groups in total. The molecule has 140 valence electrons. The normalized spacial score (nSPS) is 18.8. The van der Waals surface area contributed by atoms with Gasteiger partial charge in [0.15, 0.2) is 0 Å². The molecule has 28 heavy (non-hydrogen) atoms. The van der Waals surface area contributed by atoms with E-state index in [0.717, 1.165) is 21.3 Å². The van der Waals surface area contributed by atoms with E-state index in [1.54, 1.807) is 11.0 Å². The molecule has 0 unspecified atom stereocenters. The lowest BCUT2D eigenvalue weighted by Gasteiger charge is -2.17. The number of amides is 2. The summed E-state index contributed by atoms with van der Waals surface area (Å²) in [6, 6.07) is 15.5. The first-order valence-electron chi connectivity index (χ1n) is 8.56. The standard InChI is InChI=1S/C21H15BrN2O2S2/c1-2-10-23-20(26)18(28-21(23)27)17-15-11-14(22)8-9-16(15)24(19(17)25)12-13-6-4-3-5-7-13/h2-9,11H,1,10,12H2/b18-17-. The van der Waals surface area contributed by atoms with Crippen LogP contribution in [0.1, 0.15) is 11.1 Å². The number of anilines is 1. The fourth-order valence-electron chi connectivity index (χ4n) is 3.28. The molecule has 2 heterocycles. The molecule has 0 radical (unpaired) electrons. The van der Waals surface area contributed by atoms with Crippen LogP contribution in [0.4, 0.5) is 5.69 Å². The summed E-state index contributed by atoms with van der Waals surface area (Å²) in [6.07, 6.45) is 1.63. The SMILES string of the molecule is C=CCN1C(=O)/C(=C2/C(=O)N(Cc3ccccc3)c3ccc(Br)cc32)SC1=S. The van der Waals surface area contributed by atoms with Crippen molar-refractivity contribution < 1.29 is 9.59 Å². The van der Waals surface area contributed by atoms with Gasteiger partial charge < -0.3 is 4.90 Å². The van der Waals surface area contributed by atoms with E-state index in [2.05, 4.69) is 22.5 Å². The minimum atomic E-state index is -0.245. The first kappa shape index (κ1) is 19.1. The van der Waals surface area contributed by atoms with E-state index >= 15 is 0 Å². The monoisotopic (exact) mass is 470 g/mol. The van der Waals surface area contributed by atoms with Crippen molar-refractivity contribution in [3.8, 4) is 0 Å². The zero-order valence-corrected chi connectivity index (χ0v) is 17.9. The lowest BCUT2D eigenvalue weighted by Crippen LogP contribution is -2.29. The van der Waals surface area contributed by atoms with E-state index in [1.807, 2.05) is 48.5 Å². The zero-order chi connectivity index (χ0) is 19.8. The zero-order valence-electron chi connectivity index (χ0n) is 14.7. The highest BCUT2D eigenvalue weighted by atomic mass is 79.9. The molecule has 2 aromatic rings. The predicted molar refractivity (Wildman–Crippen MR) is 121 cm³/mol. The molecule has 2 aliphatic heterocycles. The van der Waals surface area contributed by atoms with Crippen LogP contribution >= 0.6 is 39.9 Å². The second-order valence-electron chi connectivity index (χ2n) is 6.31. The Labute approximate surface area is 181 Å². The lowest BCUT2D eigenvalue weighted by atomic mass is 10.1. The Kier molecular flexibility index (Phi) is 5.23. The number of fused-ring (bicyclic) bond motifs is 1. The Morgan fingerprint density at radius 3 is 2.54 bits per heavy atom. The van der Waals surface area contributed by atoms with Crippen LogP contribution in [0, 0.1) is 0 Å². The number of carbonyl (C=O) groups excluding carboxylic acids is 2. The van der Waals surface area contributed by atoms with Crippen molar-refractivity contribution in [3.05, 3.63) is 81.7 Å². The Morgan fingerprint density at radius 1 is 1.07 bits per heavy atom. The van der Waals surface area contributed by atoms with Gasteiger partial charge in [-0.15, -0.1) is 6.58 Å². The minimum absolute atomic E-state index is 0.184. The van der Waals surface area contributed by atoms with Crippen LogP contribution in [0.5, 0.6) is 0 Å². The second kappa shape index (κ2) is 7.66. The van der Waals surface area contributed by atoms with E-state index in [1.165, 1.54) is 16.7 Å². The van der Waals surface area contributed by atoms with Crippen LogP contribution in [0.15, 0.2) is 70.6 Å². The fourth-order valence-corrected chi connectivity index (χ4v) is 4.99. The molecule has 0 aromatic heterocycles. The fraction of sp³-hybridized carbons (Fsp3) is 0.0952. The van der Waals surface area contributed by atoms with Crippen LogP contribution < -0.4 is 4.90 Å². The van der Waals surface area contributed by atoms with Crippen LogP contribution in [0.2, 0.25) is 0 Å². The van der Waals surface area contributed by atoms with Gasteiger partial charge in [-0.05, 0) is 23.8 Å². The molecule has 2 aliphatic rings. The number of carbonyl (C=O) groups is 2. The van der Waals surface area contributed by atoms with Crippen molar-refractivity contribution in [1.82, 2.24) is 4.90 Å². The van der Waals surface area contributed by atoms with Crippen LogP contribution in [-0.4, -0.2) is 27.6 Å². The van der Waals surface area contributed by atoms with Gasteiger partial charge in [0.1, 0.15) is 4.32 Å². The van der Waals surface area contributed by atoms with Gasteiger partial charge in [-0.25, -0.2) is 0 Å². The maximum absolute atomic E-state index is 13.4. The Balaban J connectivity index is 1.82. The molecule has 0 bridgehead atoms. The molecule has 0 aliphatic carbocycles. The van der Waals surface area contributed by atoms with E-state index in [0.29, 0.717) is 27.9 Å². The van der Waals surface area contributed by atoms with E-state index in [-0.39, 0.29) is 11.8 Å². The number of hydrogen-bond donors (Lipinski definition) is 0. The third kappa shape index (κ3) is 3.23. The van der Waals surface area contributed by atoms with Gasteiger partial charge in [-0.2, -0.15) is 0 Å². The van der Waals surface area contributed by atoms with Gasteiger partial charge in [0.25, 0.3) is 11.8 Å². The van der Waals surface area contributed by atoms with Crippen molar-refractivity contribution in [3.63, 3.8) is 0 Å². The summed E-state index contributed by atoms with van der Waals surface area (Å²) in [4.78, 5) is 29.9. The van der Waals surface area contributed by atoms with Crippen LogP contribution in [-0.2, 0) is 16.1 Å². The van der Waals surface area contributed by atoms with Crippen LogP contribution in [0.25, 0.3) is 5.57 Å². The van der Waals surface area contributed by atoms with Gasteiger partial charge in [-0.3, -0.25) is 14.5 Å². The van der Waals surface area contributed by atoms with Crippen molar-refractivity contribution in [2.75, 3.05) is 11.4 Å². The molecule has 1 saturated heterocycles. The average Bonchev–Trinajstić information content (AvgIpc) is 3.10. The Morgan fingerprint density at radius 2 is 1.82 bits per heavy atom. The topological polar surface area (TPSA) is 40.6 Å². The van der Waals surface area contributed by atoms with Crippen molar-refractivity contribution >= 4 is 67.3 Å². The van der Waals surface area contributed by atoms with Gasteiger partial charge in [-0.1, -0.05) is 76.3 Å². The molecular formula is C21H15BrN2O2S2. The molecule has 4 rings (SSSR count). The maximum atomic E-state index is 13.4. The summed E-state index contributed by atoms with van der Waals surface area (Å²) in [7, 11) is 0. The maximum Gasteiger partial charge on any atom is 0.267 e. The van der Waals surface area contributed by atoms with Gasteiger partial charge in [0, 0.05) is 16.6 Å². The molecule has 0 saturated carbocycles. The summed E-state index contributed by atoms with van der Waals surface area (Å²) in [5.74, 6) is -0.429. The van der Waals surface area contributed by atoms with E-state index in [9.17, 15) is 9.59 Å². The van der Waals surface area contributed by atoms with Gasteiger partial charge in [0.05, 0.1) is 22.7 Å². The van der Waals surface area contributed by atoms with E-state index in [4.69, 9.17) is 12.2 Å². The molecular weight excluding hydrogens is 456 g/mol. The summed E-state index contributed by atoms with van der Waals surface area (Å²) in [5, 5.41) is 0. The first-order valence-corrected chi connectivity index (χ1v) is 10.6. The van der Waals surface area contributed by atoms with E-state index < -0.39 is 0 Å². The average molecular weight is 471 g/mol. The minimum Gasteiger partial charge on any atom is -0.303 e. The number of rotatable bonds is 4. The van der Waals surface area contributed by atoms with Crippen molar-refractivity contribution in [1.29, 1.82) is 0 Å². The molecule has 4 nitrogen and oxygen atoms in total. The highest BCUT2D eigenvalue weighted by Crippen LogP contribution is 2.45. The smallest absolute Gasteiger partial charge is 0.267 e. The number of benzene rings is 2. The van der Waals surface area contributed by atoms with Crippen molar-refractivity contribution in [2.45, 2.75) is 6.54 Å². The Bertz CT molecular complexity index is 1050. The van der Waals surface area contributed by atoms with Crippen molar-refractivity contribution in [2.24, 2.45) is 0 Å². The second-order valence-corrected chi connectivity index (χ2v) is 8.87. The number of hydrogen-bond acceptors (Lipinski definition) is 4. The number of thiocarbonyl (C=S) groups is 1. The lowest BCUT2D eigenvalue weighted by molar-refractivity contribution is -0.122. The third-order valence-electron chi connectivity index (χ3n) is 4.55.